The number of ether oxygens (including phenoxy) is 2. The van der Waals surface area contributed by atoms with Crippen LogP contribution in [0.4, 0.5) is 0 Å². The minimum Gasteiger partial charge on any atom is -0.467 e. The van der Waals surface area contributed by atoms with Crippen LogP contribution in [0.25, 0.3) is 0 Å². The Morgan fingerprint density at radius 3 is 2.94 bits per heavy atom. The van der Waals surface area contributed by atoms with Crippen LogP contribution in [0.1, 0.15) is 25.2 Å². The third-order valence-electron chi connectivity index (χ3n) is 2.66. The molecule has 4 nitrogen and oxygen atoms in total. The van der Waals surface area contributed by atoms with Gasteiger partial charge in [0.2, 0.25) is 0 Å². The number of rotatable bonds is 7. The normalized spacial score (nSPS) is 16.4. The lowest BCUT2D eigenvalue weighted by atomic mass is 10.2. The third kappa shape index (κ3) is 4.15. The molecular formula is C13H21NO3. The highest BCUT2D eigenvalue weighted by Crippen LogP contribution is 2.13. The lowest BCUT2D eigenvalue weighted by molar-refractivity contribution is -0.137. The third-order valence-corrected chi connectivity index (χ3v) is 2.66. The molecule has 4 heteroatoms. The fourth-order valence-corrected chi connectivity index (χ4v) is 1.61. The molecule has 1 aromatic heterocycles. The number of furan rings is 1. The Kier molecular flexibility index (Phi) is 4.59. The quantitative estimate of drug-likeness (QED) is 0.789. The van der Waals surface area contributed by atoms with E-state index in [1.165, 1.54) is 5.56 Å². The summed E-state index contributed by atoms with van der Waals surface area (Å²) in [4.78, 5) is 0. The monoisotopic (exact) mass is 239 g/mol. The second-order valence-corrected chi connectivity index (χ2v) is 4.92. The summed E-state index contributed by atoms with van der Waals surface area (Å²) in [5.74, 6) is 1.56. The van der Waals surface area contributed by atoms with E-state index in [0.717, 1.165) is 18.8 Å². The van der Waals surface area contributed by atoms with Gasteiger partial charge in [-0.05, 0) is 18.5 Å². The predicted octanol–water partition coefficient (Wildman–Crippen LogP) is 1.94. The van der Waals surface area contributed by atoms with Crippen LogP contribution in [0.15, 0.2) is 16.7 Å². The Morgan fingerprint density at radius 2 is 2.29 bits per heavy atom. The molecule has 0 amide bonds. The van der Waals surface area contributed by atoms with E-state index < -0.39 is 0 Å². The predicted molar refractivity (Wildman–Crippen MR) is 64.6 cm³/mol. The molecule has 2 heterocycles. The van der Waals surface area contributed by atoms with Gasteiger partial charge in [-0.15, -0.1) is 0 Å². The molecule has 17 heavy (non-hydrogen) atoms. The standard InChI is InChI=1S/C13H21NO3/c1-10(2)4-14-5-11-3-12(16-6-11)9-17-13-7-15-8-13/h3,6,10,13-14H,4-5,7-9H2,1-2H3. The van der Waals surface area contributed by atoms with Crippen molar-refractivity contribution in [3.8, 4) is 0 Å². The Labute approximate surface area is 102 Å². The Bertz CT molecular complexity index is 331. The SMILES string of the molecule is CC(C)CNCc1coc(COC2COC2)c1. The smallest absolute Gasteiger partial charge is 0.129 e. The van der Waals surface area contributed by atoms with E-state index in [2.05, 4.69) is 19.2 Å². The fourth-order valence-electron chi connectivity index (χ4n) is 1.61. The van der Waals surface area contributed by atoms with Crippen molar-refractivity contribution in [1.82, 2.24) is 5.32 Å². The molecule has 0 aliphatic carbocycles. The van der Waals surface area contributed by atoms with E-state index in [0.29, 0.717) is 25.7 Å². The Balaban J connectivity index is 1.67. The lowest BCUT2D eigenvalue weighted by Gasteiger charge is -2.25. The van der Waals surface area contributed by atoms with Crippen molar-refractivity contribution in [3.63, 3.8) is 0 Å². The van der Waals surface area contributed by atoms with Crippen LogP contribution in [0, 0.1) is 5.92 Å². The number of nitrogens with one attached hydrogen (secondary N) is 1. The molecule has 0 bridgehead atoms. The van der Waals surface area contributed by atoms with Crippen LogP contribution in [0.5, 0.6) is 0 Å². The second kappa shape index (κ2) is 6.19. The molecule has 1 aliphatic heterocycles. The van der Waals surface area contributed by atoms with E-state index in [-0.39, 0.29) is 6.10 Å². The zero-order valence-corrected chi connectivity index (χ0v) is 10.6. The van der Waals surface area contributed by atoms with Crippen molar-refractivity contribution in [2.45, 2.75) is 33.1 Å². The molecule has 0 aromatic carbocycles. The zero-order valence-electron chi connectivity index (χ0n) is 10.6. The van der Waals surface area contributed by atoms with E-state index in [4.69, 9.17) is 13.9 Å². The topological polar surface area (TPSA) is 43.6 Å². The van der Waals surface area contributed by atoms with Crippen molar-refractivity contribution < 1.29 is 13.9 Å². The van der Waals surface area contributed by atoms with Crippen LogP contribution in [0.2, 0.25) is 0 Å². The van der Waals surface area contributed by atoms with Crippen molar-refractivity contribution in [2.24, 2.45) is 5.92 Å². The maximum atomic E-state index is 5.58. The first-order valence-corrected chi connectivity index (χ1v) is 6.20. The maximum Gasteiger partial charge on any atom is 0.129 e. The lowest BCUT2D eigenvalue weighted by Crippen LogP contribution is -2.35. The molecule has 1 N–H and O–H groups in total. The summed E-state index contributed by atoms with van der Waals surface area (Å²) in [5, 5.41) is 3.38. The molecule has 0 radical (unpaired) electrons. The van der Waals surface area contributed by atoms with Gasteiger partial charge in [0, 0.05) is 12.1 Å². The zero-order chi connectivity index (χ0) is 12.1. The molecule has 1 fully saturated rings. The Hall–Kier alpha value is -0.840. The van der Waals surface area contributed by atoms with Gasteiger partial charge in [-0.3, -0.25) is 0 Å². The van der Waals surface area contributed by atoms with Crippen molar-refractivity contribution in [2.75, 3.05) is 19.8 Å². The highest BCUT2D eigenvalue weighted by molar-refractivity contribution is 5.12. The second-order valence-electron chi connectivity index (χ2n) is 4.92. The molecule has 2 rings (SSSR count). The average molecular weight is 239 g/mol. The minimum absolute atomic E-state index is 0.252. The van der Waals surface area contributed by atoms with Crippen LogP contribution in [-0.4, -0.2) is 25.9 Å². The summed E-state index contributed by atoms with van der Waals surface area (Å²) < 4.78 is 16.1. The molecule has 96 valence electrons. The largest absolute Gasteiger partial charge is 0.467 e. The number of hydrogen-bond donors (Lipinski definition) is 1. The summed E-state index contributed by atoms with van der Waals surface area (Å²) in [7, 11) is 0. The molecule has 0 unspecified atom stereocenters. The minimum atomic E-state index is 0.252. The fraction of sp³-hybridized carbons (Fsp3) is 0.692. The molecule has 1 aliphatic rings. The summed E-state index contributed by atoms with van der Waals surface area (Å²) in [5.41, 5.74) is 1.18. The summed E-state index contributed by atoms with van der Waals surface area (Å²) in [6, 6.07) is 2.05. The van der Waals surface area contributed by atoms with Crippen molar-refractivity contribution in [3.05, 3.63) is 23.7 Å². The number of hydrogen-bond acceptors (Lipinski definition) is 4. The van der Waals surface area contributed by atoms with Gasteiger partial charge in [0.25, 0.3) is 0 Å². The van der Waals surface area contributed by atoms with Gasteiger partial charge in [-0.2, -0.15) is 0 Å². The summed E-state index contributed by atoms with van der Waals surface area (Å²) in [6.07, 6.45) is 2.05. The first-order valence-electron chi connectivity index (χ1n) is 6.20. The first-order chi connectivity index (χ1) is 8.24. The van der Waals surface area contributed by atoms with E-state index in [9.17, 15) is 0 Å². The highest BCUT2D eigenvalue weighted by Gasteiger charge is 2.19. The van der Waals surface area contributed by atoms with Gasteiger partial charge in [-0.1, -0.05) is 13.8 Å². The van der Waals surface area contributed by atoms with Crippen molar-refractivity contribution >= 4 is 0 Å². The molecule has 0 spiro atoms. The molecule has 0 atom stereocenters. The van der Waals surface area contributed by atoms with Crippen LogP contribution >= 0.6 is 0 Å². The molecule has 1 saturated heterocycles. The van der Waals surface area contributed by atoms with Crippen LogP contribution < -0.4 is 5.32 Å². The van der Waals surface area contributed by atoms with Crippen molar-refractivity contribution in [1.29, 1.82) is 0 Å². The van der Waals surface area contributed by atoms with E-state index >= 15 is 0 Å². The molecule has 1 aromatic rings. The summed E-state index contributed by atoms with van der Waals surface area (Å²) in [6.45, 7) is 8.24. The van der Waals surface area contributed by atoms with E-state index in [1.54, 1.807) is 6.26 Å². The van der Waals surface area contributed by atoms with Gasteiger partial charge in [-0.25, -0.2) is 0 Å². The van der Waals surface area contributed by atoms with Crippen LogP contribution in [0.3, 0.4) is 0 Å². The summed E-state index contributed by atoms with van der Waals surface area (Å²) >= 11 is 0. The van der Waals surface area contributed by atoms with Gasteiger partial charge in [0.1, 0.15) is 18.5 Å². The van der Waals surface area contributed by atoms with Crippen LogP contribution in [-0.2, 0) is 22.6 Å². The van der Waals surface area contributed by atoms with Gasteiger partial charge < -0.3 is 19.2 Å². The van der Waals surface area contributed by atoms with Gasteiger partial charge in [0.15, 0.2) is 0 Å². The van der Waals surface area contributed by atoms with E-state index in [1.807, 2.05) is 6.07 Å². The maximum absolute atomic E-state index is 5.58. The molecular weight excluding hydrogens is 218 g/mol. The first kappa shape index (κ1) is 12.6. The highest BCUT2D eigenvalue weighted by atomic mass is 16.6. The average Bonchev–Trinajstić information content (AvgIpc) is 2.63. The molecule has 0 saturated carbocycles. The van der Waals surface area contributed by atoms with Gasteiger partial charge in [0.05, 0.1) is 19.5 Å². The Morgan fingerprint density at radius 1 is 1.47 bits per heavy atom. The van der Waals surface area contributed by atoms with Gasteiger partial charge >= 0.3 is 0 Å².